The van der Waals surface area contributed by atoms with Crippen LogP contribution in [0.2, 0.25) is 0 Å². The molecule has 1 saturated carbocycles. The zero-order valence-corrected chi connectivity index (χ0v) is 9.81. The quantitative estimate of drug-likeness (QED) is 0.732. The van der Waals surface area contributed by atoms with Gasteiger partial charge in [-0.25, -0.2) is 0 Å². The van der Waals surface area contributed by atoms with Gasteiger partial charge < -0.3 is 10.1 Å². The normalized spacial score (nSPS) is 32.5. The Balaban J connectivity index is 0.000000671. The molecular formula is C11H25NO. The van der Waals surface area contributed by atoms with Crippen LogP contribution in [0.25, 0.3) is 0 Å². The fourth-order valence-corrected chi connectivity index (χ4v) is 2.05. The molecule has 2 heteroatoms. The molecule has 0 heterocycles. The highest BCUT2D eigenvalue weighted by molar-refractivity contribution is 4.88. The molecule has 1 N–H and O–H groups in total. The van der Waals surface area contributed by atoms with Crippen molar-refractivity contribution in [3.8, 4) is 0 Å². The topological polar surface area (TPSA) is 21.3 Å². The summed E-state index contributed by atoms with van der Waals surface area (Å²) in [7, 11) is 3.83. The van der Waals surface area contributed by atoms with Crippen LogP contribution in [0.3, 0.4) is 0 Å². The molecule has 0 aromatic rings. The molecule has 1 aliphatic carbocycles. The summed E-state index contributed by atoms with van der Waals surface area (Å²) in [5.41, 5.74) is 0.433. The lowest BCUT2D eigenvalue weighted by Crippen LogP contribution is -2.25. The molecule has 0 bridgehead atoms. The van der Waals surface area contributed by atoms with Crippen molar-refractivity contribution in [1.29, 1.82) is 0 Å². The van der Waals surface area contributed by atoms with Gasteiger partial charge in [0.15, 0.2) is 0 Å². The lowest BCUT2D eigenvalue weighted by atomic mass is 9.90. The van der Waals surface area contributed by atoms with Gasteiger partial charge in [-0.05, 0) is 31.7 Å². The van der Waals surface area contributed by atoms with E-state index in [1.807, 2.05) is 20.9 Å². The first-order valence-corrected chi connectivity index (χ1v) is 5.36. The van der Waals surface area contributed by atoms with E-state index in [9.17, 15) is 0 Å². The summed E-state index contributed by atoms with van der Waals surface area (Å²) in [4.78, 5) is 0. The van der Waals surface area contributed by atoms with Crippen LogP contribution in [0.4, 0.5) is 0 Å². The predicted octanol–water partition coefficient (Wildman–Crippen LogP) is 2.44. The van der Waals surface area contributed by atoms with Crippen LogP contribution in [0.15, 0.2) is 0 Å². The highest BCUT2D eigenvalue weighted by Crippen LogP contribution is 2.37. The van der Waals surface area contributed by atoms with Crippen LogP contribution in [0.1, 0.15) is 40.0 Å². The van der Waals surface area contributed by atoms with Crippen molar-refractivity contribution in [2.45, 2.75) is 46.1 Å². The lowest BCUT2D eigenvalue weighted by Gasteiger charge is -2.22. The maximum atomic E-state index is 5.19. The first-order valence-electron chi connectivity index (χ1n) is 5.36. The fraction of sp³-hybridized carbons (Fsp3) is 1.00. The van der Waals surface area contributed by atoms with E-state index in [0.29, 0.717) is 5.41 Å². The van der Waals surface area contributed by atoms with Crippen molar-refractivity contribution in [3.05, 3.63) is 0 Å². The first kappa shape index (κ1) is 12.9. The molecule has 0 radical (unpaired) electrons. The standard InChI is InChI=1S/C9H19NO.C2H6/c1-9(7-11-3)5-4-8(6-9)10-2;1-2/h8,10H,4-7H2,1-3H3;1-2H3. The van der Waals surface area contributed by atoms with E-state index in [0.717, 1.165) is 12.6 Å². The molecule has 13 heavy (non-hydrogen) atoms. The molecule has 2 atom stereocenters. The Bertz CT molecular complexity index is 127. The number of hydrogen-bond donors (Lipinski definition) is 1. The Kier molecular flexibility index (Phi) is 6.35. The number of methoxy groups -OCH3 is 1. The summed E-state index contributed by atoms with van der Waals surface area (Å²) >= 11 is 0. The largest absolute Gasteiger partial charge is 0.384 e. The highest BCUT2D eigenvalue weighted by atomic mass is 16.5. The van der Waals surface area contributed by atoms with Gasteiger partial charge in [-0.3, -0.25) is 0 Å². The Morgan fingerprint density at radius 3 is 2.46 bits per heavy atom. The summed E-state index contributed by atoms with van der Waals surface area (Å²) < 4.78 is 5.19. The van der Waals surface area contributed by atoms with E-state index in [2.05, 4.69) is 12.2 Å². The summed E-state index contributed by atoms with van der Waals surface area (Å²) in [5, 5.41) is 3.32. The molecule has 0 aromatic carbocycles. The smallest absolute Gasteiger partial charge is 0.0516 e. The van der Waals surface area contributed by atoms with Gasteiger partial charge in [-0.2, -0.15) is 0 Å². The average Bonchev–Trinajstić information content (AvgIpc) is 2.52. The van der Waals surface area contributed by atoms with Crippen LogP contribution in [-0.4, -0.2) is 26.8 Å². The molecule has 1 aliphatic rings. The molecule has 2 unspecified atom stereocenters. The van der Waals surface area contributed by atoms with Gasteiger partial charge in [-0.15, -0.1) is 0 Å². The van der Waals surface area contributed by atoms with E-state index in [1.165, 1.54) is 19.3 Å². The summed E-state index contributed by atoms with van der Waals surface area (Å²) in [6, 6.07) is 0.718. The third kappa shape index (κ3) is 4.10. The number of rotatable bonds is 3. The molecule has 80 valence electrons. The average molecular weight is 187 g/mol. The van der Waals surface area contributed by atoms with Crippen LogP contribution in [-0.2, 0) is 4.74 Å². The third-order valence-corrected chi connectivity index (χ3v) is 2.74. The zero-order valence-electron chi connectivity index (χ0n) is 9.81. The van der Waals surface area contributed by atoms with Gasteiger partial charge in [0, 0.05) is 13.2 Å². The molecule has 1 rings (SSSR count). The van der Waals surface area contributed by atoms with Crippen molar-refractivity contribution in [2.24, 2.45) is 5.41 Å². The summed E-state index contributed by atoms with van der Waals surface area (Å²) in [6.07, 6.45) is 3.86. The summed E-state index contributed by atoms with van der Waals surface area (Å²) in [6.45, 7) is 7.22. The van der Waals surface area contributed by atoms with Gasteiger partial charge in [0.25, 0.3) is 0 Å². The van der Waals surface area contributed by atoms with Gasteiger partial charge >= 0.3 is 0 Å². The predicted molar refractivity (Wildman–Crippen MR) is 58.0 cm³/mol. The first-order chi connectivity index (χ1) is 6.20. The number of ether oxygens (including phenoxy) is 1. The number of nitrogens with one attached hydrogen (secondary N) is 1. The molecule has 2 nitrogen and oxygen atoms in total. The monoisotopic (exact) mass is 187 g/mol. The van der Waals surface area contributed by atoms with E-state index < -0.39 is 0 Å². The Morgan fingerprint density at radius 2 is 2.08 bits per heavy atom. The Hall–Kier alpha value is -0.0800. The third-order valence-electron chi connectivity index (χ3n) is 2.74. The SMILES string of the molecule is CC.CNC1CCC(C)(COC)C1. The molecule has 0 spiro atoms. The molecular weight excluding hydrogens is 162 g/mol. The minimum absolute atomic E-state index is 0.433. The highest BCUT2D eigenvalue weighted by Gasteiger charge is 2.33. The van der Waals surface area contributed by atoms with Crippen molar-refractivity contribution < 1.29 is 4.74 Å². The molecule has 1 fully saturated rings. The summed E-state index contributed by atoms with van der Waals surface area (Å²) in [5.74, 6) is 0. The van der Waals surface area contributed by atoms with E-state index >= 15 is 0 Å². The maximum absolute atomic E-state index is 5.19. The number of hydrogen-bond acceptors (Lipinski definition) is 2. The fourth-order valence-electron chi connectivity index (χ4n) is 2.05. The molecule has 0 amide bonds. The van der Waals surface area contributed by atoms with Crippen molar-refractivity contribution in [1.82, 2.24) is 5.32 Å². The second kappa shape index (κ2) is 6.39. The van der Waals surface area contributed by atoms with Gasteiger partial charge in [-0.1, -0.05) is 20.8 Å². The van der Waals surface area contributed by atoms with Crippen LogP contribution >= 0.6 is 0 Å². The van der Waals surface area contributed by atoms with Gasteiger partial charge in [0.2, 0.25) is 0 Å². The Labute approximate surface area is 83.1 Å². The maximum Gasteiger partial charge on any atom is 0.0516 e. The minimum atomic E-state index is 0.433. The van der Waals surface area contributed by atoms with E-state index in [4.69, 9.17) is 4.74 Å². The van der Waals surface area contributed by atoms with E-state index in [-0.39, 0.29) is 0 Å². The van der Waals surface area contributed by atoms with Gasteiger partial charge in [0.05, 0.1) is 6.61 Å². The molecule has 0 aliphatic heterocycles. The second-order valence-corrected chi connectivity index (χ2v) is 3.97. The van der Waals surface area contributed by atoms with Crippen molar-refractivity contribution in [3.63, 3.8) is 0 Å². The van der Waals surface area contributed by atoms with Crippen LogP contribution in [0.5, 0.6) is 0 Å². The van der Waals surface area contributed by atoms with E-state index in [1.54, 1.807) is 7.11 Å². The Morgan fingerprint density at radius 1 is 1.46 bits per heavy atom. The van der Waals surface area contributed by atoms with Crippen LogP contribution in [0, 0.1) is 5.41 Å². The van der Waals surface area contributed by atoms with Crippen molar-refractivity contribution >= 4 is 0 Å². The zero-order chi connectivity index (χ0) is 10.3. The molecule has 0 saturated heterocycles. The van der Waals surface area contributed by atoms with Crippen LogP contribution < -0.4 is 5.32 Å². The van der Waals surface area contributed by atoms with Crippen molar-refractivity contribution in [2.75, 3.05) is 20.8 Å². The second-order valence-electron chi connectivity index (χ2n) is 3.97. The lowest BCUT2D eigenvalue weighted by molar-refractivity contribution is 0.0950. The molecule has 0 aromatic heterocycles. The van der Waals surface area contributed by atoms with Gasteiger partial charge in [0.1, 0.15) is 0 Å². The minimum Gasteiger partial charge on any atom is -0.384 e.